The topological polar surface area (TPSA) is 15.3 Å². The van der Waals surface area contributed by atoms with Crippen LogP contribution in [-0.4, -0.2) is 31.1 Å². The predicted octanol–water partition coefficient (Wildman–Crippen LogP) is 2.72. The van der Waals surface area contributed by atoms with Crippen molar-refractivity contribution in [1.29, 1.82) is 0 Å². The molecular formula is C13H19FN2. The summed E-state index contributed by atoms with van der Waals surface area (Å²) in [5.41, 5.74) is 1.00. The highest BCUT2D eigenvalue weighted by Gasteiger charge is 2.09. The van der Waals surface area contributed by atoms with Crippen LogP contribution in [0.2, 0.25) is 0 Å². The Balaban J connectivity index is 1.62. The van der Waals surface area contributed by atoms with Gasteiger partial charge in [0, 0.05) is 12.2 Å². The van der Waals surface area contributed by atoms with E-state index in [1.807, 2.05) is 0 Å². The highest BCUT2D eigenvalue weighted by Crippen LogP contribution is 2.09. The number of rotatable bonds is 5. The third-order valence-electron chi connectivity index (χ3n) is 3.02. The molecule has 0 amide bonds. The fraction of sp³-hybridized carbons (Fsp3) is 0.538. The van der Waals surface area contributed by atoms with Crippen molar-refractivity contribution in [2.75, 3.05) is 31.5 Å². The Morgan fingerprint density at radius 2 is 1.81 bits per heavy atom. The predicted molar refractivity (Wildman–Crippen MR) is 65.2 cm³/mol. The molecule has 88 valence electrons. The number of likely N-dealkylation sites (tertiary alicyclic amines) is 1. The minimum Gasteiger partial charge on any atom is -0.385 e. The van der Waals surface area contributed by atoms with E-state index in [1.165, 1.54) is 44.6 Å². The monoisotopic (exact) mass is 222 g/mol. The van der Waals surface area contributed by atoms with Crippen molar-refractivity contribution in [3.05, 3.63) is 30.1 Å². The third kappa shape index (κ3) is 3.49. The van der Waals surface area contributed by atoms with Crippen LogP contribution in [0.3, 0.4) is 0 Å². The van der Waals surface area contributed by atoms with Crippen LogP contribution < -0.4 is 5.32 Å². The van der Waals surface area contributed by atoms with Crippen LogP contribution in [0.25, 0.3) is 0 Å². The molecule has 2 rings (SSSR count). The van der Waals surface area contributed by atoms with Crippen molar-refractivity contribution in [2.45, 2.75) is 19.3 Å². The average Bonchev–Trinajstić information content (AvgIpc) is 2.80. The Labute approximate surface area is 96.5 Å². The Hall–Kier alpha value is -1.09. The minimum absolute atomic E-state index is 0.178. The molecule has 0 saturated carbocycles. The van der Waals surface area contributed by atoms with Gasteiger partial charge in [0.2, 0.25) is 0 Å². The van der Waals surface area contributed by atoms with Crippen LogP contribution in [-0.2, 0) is 0 Å². The van der Waals surface area contributed by atoms with Gasteiger partial charge in [0.05, 0.1) is 0 Å². The fourth-order valence-corrected chi connectivity index (χ4v) is 2.11. The third-order valence-corrected chi connectivity index (χ3v) is 3.02. The number of benzene rings is 1. The molecule has 1 aliphatic rings. The van der Waals surface area contributed by atoms with Crippen molar-refractivity contribution in [1.82, 2.24) is 4.90 Å². The maximum atomic E-state index is 12.6. The van der Waals surface area contributed by atoms with Gasteiger partial charge in [0.1, 0.15) is 5.82 Å². The van der Waals surface area contributed by atoms with E-state index in [-0.39, 0.29) is 5.82 Å². The second-order valence-corrected chi connectivity index (χ2v) is 4.34. The Morgan fingerprint density at radius 3 is 2.50 bits per heavy atom. The van der Waals surface area contributed by atoms with Gasteiger partial charge >= 0.3 is 0 Å². The van der Waals surface area contributed by atoms with Crippen LogP contribution in [0.15, 0.2) is 24.3 Å². The van der Waals surface area contributed by atoms with Crippen LogP contribution >= 0.6 is 0 Å². The number of anilines is 1. The lowest BCUT2D eigenvalue weighted by molar-refractivity contribution is 0.337. The summed E-state index contributed by atoms with van der Waals surface area (Å²) in [5, 5.41) is 3.30. The van der Waals surface area contributed by atoms with E-state index in [1.54, 1.807) is 12.1 Å². The average molecular weight is 222 g/mol. The summed E-state index contributed by atoms with van der Waals surface area (Å²) in [5.74, 6) is -0.178. The molecule has 1 fully saturated rings. The van der Waals surface area contributed by atoms with Gasteiger partial charge in [-0.3, -0.25) is 0 Å². The van der Waals surface area contributed by atoms with E-state index >= 15 is 0 Å². The smallest absolute Gasteiger partial charge is 0.123 e. The summed E-state index contributed by atoms with van der Waals surface area (Å²) < 4.78 is 12.6. The van der Waals surface area contributed by atoms with Gasteiger partial charge < -0.3 is 10.2 Å². The maximum absolute atomic E-state index is 12.6. The quantitative estimate of drug-likeness (QED) is 0.771. The summed E-state index contributed by atoms with van der Waals surface area (Å²) in [4.78, 5) is 2.51. The standard InChI is InChI=1S/C13H19FN2/c14-12-4-6-13(7-5-12)15-8-3-11-16-9-1-2-10-16/h4-7,15H,1-3,8-11H2. The molecule has 1 aromatic rings. The van der Waals surface area contributed by atoms with Crippen LogP contribution in [0.5, 0.6) is 0 Å². The maximum Gasteiger partial charge on any atom is 0.123 e. The van der Waals surface area contributed by atoms with E-state index < -0.39 is 0 Å². The van der Waals surface area contributed by atoms with E-state index in [4.69, 9.17) is 0 Å². The molecule has 0 bridgehead atoms. The zero-order chi connectivity index (χ0) is 11.2. The van der Waals surface area contributed by atoms with Crippen LogP contribution in [0.4, 0.5) is 10.1 Å². The van der Waals surface area contributed by atoms with Gasteiger partial charge in [-0.15, -0.1) is 0 Å². The first-order valence-corrected chi connectivity index (χ1v) is 6.06. The normalized spacial score (nSPS) is 16.6. The second-order valence-electron chi connectivity index (χ2n) is 4.34. The zero-order valence-electron chi connectivity index (χ0n) is 9.58. The summed E-state index contributed by atoms with van der Waals surface area (Å²) in [6.45, 7) is 4.66. The Morgan fingerprint density at radius 1 is 1.12 bits per heavy atom. The van der Waals surface area contributed by atoms with Crippen molar-refractivity contribution in [2.24, 2.45) is 0 Å². The molecule has 1 saturated heterocycles. The number of halogens is 1. The lowest BCUT2D eigenvalue weighted by atomic mass is 10.3. The molecule has 0 radical (unpaired) electrons. The first-order chi connectivity index (χ1) is 7.84. The Kier molecular flexibility index (Phi) is 4.17. The van der Waals surface area contributed by atoms with Crippen molar-refractivity contribution in [3.63, 3.8) is 0 Å². The Bertz CT molecular complexity index is 304. The van der Waals surface area contributed by atoms with E-state index in [0.29, 0.717) is 0 Å². The lowest BCUT2D eigenvalue weighted by Gasteiger charge is -2.14. The van der Waals surface area contributed by atoms with Gasteiger partial charge in [-0.1, -0.05) is 0 Å². The molecule has 0 aliphatic carbocycles. The minimum atomic E-state index is -0.178. The van der Waals surface area contributed by atoms with E-state index in [9.17, 15) is 4.39 Å². The largest absolute Gasteiger partial charge is 0.385 e. The van der Waals surface area contributed by atoms with Gasteiger partial charge in [-0.2, -0.15) is 0 Å². The van der Waals surface area contributed by atoms with E-state index in [2.05, 4.69) is 10.2 Å². The number of nitrogens with zero attached hydrogens (tertiary/aromatic N) is 1. The molecule has 0 unspecified atom stereocenters. The van der Waals surface area contributed by atoms with Gasteiger partial charge in [0.25, 0.3) is 0 Å². The second kappa shape index (κ2) is 5.85. The zero-order valence-corrected chi connectivity index (χ0v) is 9.58. The summed E-state index contributed by atoms with van der Waals surface area (Å²) >= 11 is 0. The molecule has 16 heavy (non-hydrogen) atoms. The molecule has 2 nitrogen and oxygen atoms in total. The molecule has 1 aliphatic heterocycles. The van der Waals surface area contributed by atoms with Crippen molar-refractivity contribution in [3.8, 4) is 0 Å². The molecule has 1 aromatic carbocycles. The van der Waals surface area contributed by atoms with Crippen molar-refractivity contribution < 1.29 is 4.39 Å². The van der Waals surface area contributed by atoms with Crippen LogP contribution in [0, 0.1) is 5.82 Å². The van der Waals surface area contributed by atoms with Gasteiger partial charge in [-0.05, 0) is 63.2 Å². The number of hydrogen-bond donors (Lipinski definition) is 1. The molecule has 0 spiro atoms. The van der Waals surface area contributed by atoms with Crippen LogP contribution in [0.1, 0.15) is 19.3 Å². The van der Waals surface area contributed by atoms with Gasteiger partial charge in [0.15, 0.2) is 0 Å². The molecule has 1 heterocycles. The molecule has 3 heteroatoms. The molecule has 0 atom stereocenters. The lowest BCUT2D eigenvalue weighted by Crippen LogP contribution is -2.22. The molecular weight excluding hydrogens is 203 g/mol. The van der Waals surface area contributed by atoms with Crippen molar-refractivity contribution >= 4 is 5.69 Å². The summed E-state index contributed by atoms with van der Waals surface area (Å²) in [7, 11) is 0. The fourth-order valence-electron chi connectivity index (χ4n) is 2.11. The number of hydrogen-bond acceptors (Lipinski definition) is 2. The summed E-state index contributed by atoms with van der Waals surface area (Å²) in [6, 6.07) is 6.54. The summed E-state index contributed by atoms with van der Waals surface area (Å²) in [6.07, 6.45) is 3.86. The van der Waals surface area contributed by atoms with Gasteiger partial charge in [-0.25, -0.2) is 4.39 Å². The molecule has 1 N–H and O–H groups in total. The molecule has 0 aromatic heterocycles. The first kappa shape index (κ1) is 11.4. The van der Waals surface area contributed by atoms with E-state index in [0.717, 1.165) is 18.7 Å². The number of nitrogens with one attached hydrogen (secondary N) is 1. The highest BCUT2D eigenvalue weighted by atomic mass is 19.1. The first-order valence-electron chi connectivity index (χ1n) is 6.06. The highest BCUT2D eigenvalue weighted by molar-refractivity contribution is 5.42. The SMILES string of the molecule is Fc1ccc(NCCCN2CCCC2)cc1.